The Hall–Kier alpha value is -6.85. The molecule has 19 nitrogen and oxygen atoms in total. The van der Waals surface area contributed by atoms with E-state index in [1.165, 1.54) is 17.0 Å². The number of benzene rings is 4. The van der Waals surface area contributed by atoms with Crippen molar-refractivity contribution < 1.29 is 43.3 Å². The number of thiazole rings is 1. The fourth-order valence-electron chi connectivity index (χ4n) is 12.0. The highest BCUT2D eigenvalue weighted by atomic mass is 35.5. The van der Waals surface area contributed by atoms with Gasteiger partial charge in [-0.3, -0.25) is 29.0 Å². The maximum atomic E-state index is 17.2. The molecule has 0 spiro atoms. The number of aliphatic hydroxyl groups excluding tert-OH is 1. The van der Waals surface area contributed by atoms with E-state index in [-0.39, 0.29) is 77.2 Å². The zero-order chi connectivity index (χ0) is 60.1. The van der Waals surface area contributed by atoms with Crippen molar-refractivity contribution in [2.45, 2.75) is 84.2 Å². The minimum Gasteiger partial charge on any atom is -0.508 e. The van der Waals surface area contributed by atoms with Gasteiger partial charge in [0.15, 0.2) is 5.82 Å². The summed E-state index contributed by atoms with van der Waals surface area (Å²) in [7, 11) is 0. The second-order valence-corrected chi connectivity index (χ2v) is 25.0. The number of halogens is 2. The Kier molecular flexibility index (Phi) is 19.3. The third kappa shape index (κ3) is 14.4. The summed E-state index contributed by atoms with van der Waals surface area (Å²) in [5.41, 5.74) is 4.65. The fourth-order valence-corrected chi connectivity index (χ4v) is 13.1. The predicted octanol–water partition coefficient (Wildman–Crippen LogP) is 7.06. The van der Waals surface area contributed by atoms with Gasteiger partial charge in [-0.15, -0.1) is 11.3 Å². The van der Waals surface area contributed by atoms with Gasteiger partial charge in [0, 0.05) is 102 Å². The van der Waals surface area contributed by atoms with Crippen molar-refractivity contribution in [1.82, 2.24) is 50.1 Å². The summed E-state index contributed by atoms with van der Waals surface area (Å²) in [5, 5.41) is 29.5. The molecule has 0 radical (unpaired) electrons. The molecule has 0 bridgehead atoms. The number of β-amino-alcohol motifs (C(OH)–C–C–N with tert-alkyl or cyclic N) is 1. The molecule has 2 unspecified atom stereocenters. The number of rotatable bonds is 19. The number of aliphatic hydroxyl groups is 1. The highest BCUT2D eigenvalue weighted by molar-refractivity contribution is 7.13. The van der Waals surface area contributed by atoms with Crippen molar-refractivity contribution in [2.75, 3.05) is 110 Å². The molecule has 22 heteroatoms. The molecular formula is C63H77ClFN11O8S. The van der Waals surface area contributed by atoms with E-state index in [1.807, 2.05) is 93.6 Å². The van der Waals surface area contributed by atoms with E-state index in [9.17, 15) is 29.4 Å². The number of likely N-dealkylation sites (tertiary alicyclic amines) is 2. The predicted molar refractivity (Wildman–Crippen MR) is 328 cm³/mol. The number of carbonyl (C=O) groups excluding carboxylic acids is 4. The molecule has 0 aliphatic carbocycles. The molecule has 452 valence electrons. The maximum absolute atomic E-state index is 17.2. The first-order valence-electron chi connectivity index (χ1n) is 29.4. The van der Waals surface area contributed by atoms with Gasteiger partial charge in [0.05, 0.1) is 53.0 Å². The molecular weight excluding hydrogens is 1130 g/mol. The monoisotopic (exact) mass is 1200 g/mol. The van der Waals surface area contributed by atoms with E-state index in [1.54, 1.807) is 28.4 Å². The summed E-state index contributed by atoms with van der Waals surface area (Å²) in [6.45, 7) is 22.0. The lowest BCUT2D eigenvalue weighted by Gasteiger charge is -2.37. The summed E-state index contributed by atoms with van der Waals surface area (Å²) < 4.78 is 29.8. The number of ether oxygens (including phenoxy) is 2. The second kappa shape index (κ2) is 26.8. The van der Waals surface area contributed by atoms with Crippen LogP contribution in [0, 0.1) is 18.2 Å². The molecule has 0 saturated carbocycles. The standard InChI is InChI=1S/C63H77ClFN11O8S/c1-7-53(80)74-24-26-75(27-25-74)59-49-35-50(64)54(48-33-44(77)32-43-10-8-9-11-47(43)48)55(65)56(49)69-62(70-59)84-46-16-18-71(19-17-46)28-30-83-31-29-72-20-22-73(23-21-72)37-52(79)68-58(63(4,5)6)61(82)76-36-45(78)34-51(76)60(81)67-39(2)41-12-14-42(15-13-41)57-40(3)66-38-85-57/h7-15,32-33,35,38-39,45-46,51,58,77-78H,1,16-31,34,36-37H2,2-6H3,(H,67,81)(H,68,79)/t39?,45-,51+,58?/m1/s1. The van der Waals surface area contributed by atoms with Crippen molar-refractivity contribution in [2.24, 2.45) is 5.41 Å². The molecule has 4 atom stereocenters. The van der Waals surface area contributed by atoms with E-state index in [2.05, 4.69) is 36.9 Å². The Labute approximate surface area is 504 Å². The highest BCUT2D eigenvalue weighted by Crippen LogP contribution is 2.43. The SMILES string of the molecule is C=CC(=O)N1CCN(c2nc(OC3CCN(CCOCCN4CCN(CC(=O)NC(C(=O)N5C[C@H](O)C[C@H]5C(=O)NC(C)c5ccc(-c6scnc6C)cc5)C(C)(C)C)CC4)CC3)nc3c(F)c(-c4cc(O)cc5ccccc45)c(Cl)cc23)CC1. The van der Waals surface area contributed by atoms with Crippen LogP contribution in [0.25, 0.3) is 43.2 Å². The summed E-state index contributed by atoms with van der Waals surface area (Å²) in [6, 6.07) is 18.1. The molecule has 6 aromatic rings. The van der Waals surface area contributed by atoms with Crippen molar-refractivity contribution in [3.63, 3.8) is 0 Å². The minimum atomic E-state index is -0.920. The second-order valence-electron chi connectivity index (χ2n) is 23.8. The number of hydrogen-bond acceptors (Lipinski definition) is 16. The van der Waals surface area contributed by atoms with Gasteiger partial charge in [0.2, 0.25) is 23.6 Å². The largest absolute Gasteiger partial charge is 0.508 e. The molecule has 4 fully saturated rings. The van der Waals surface area contributed by atoms with Gasteiger partial charge < -0.3 is 49.9 Å². The van der Waals surface area contributed by atoms with E-state index < -0.39 is 35.3 Å². The van der Waals surface area contributed by atoms with Crippen molar-refractivity contribution in [1.29, 1.82) is 0 Å². The van der Waals surface area contributed by atoms with Crippen LogP contribution in [0.3, 0.4) is 0 Å². The topological polar surface area (TPSA) is 209 Å². The number of fused-ring (bicyclic) bond motifs is 2. The van der Waals surface area contributed by atoms with Gasteiger partial charge in [-0.25, -0.2) is 9.37 Å². The first-order valence-corrected chi connectivity index (χ1v) is 30.7. The number of aromatic hydroxyl groups is 1. The number of nitrogens with one attached hydrogen (secondary N) is 2. The molecule has 4 aliphatic heterocycles. The highest BCUT2D eigenvalue weighted by Gasteiger charge is 2.45. The number of phenols is 1. The van der Waals surface area contributed by atoms with Gasteiger partial charge in [-0.1, -0.05) is 87.5 Å². The van der Waals surface area contributed by atoms with Gasteiger partial charge in [-0.2, -0.15) is 9.97 Å². The van der Waals surface area contributed by atoms with Crippen LogP contribution in [0.15, 0.2) is 84.9 Å². The van der Waals surface area contributed by atoms with E-state index in [4.69, 9.17) is 31.0 Å². The number of amides is 4. The van der Waals surface area contributed by atoms with Crippen molar-refractivity contribution in [3.8, 4) is 33.3 Å². The Morgan fingerprint density at radius 3 is 2.24 bits per heavy atom. The third-order valence-corrected chi connectivity index (χ3v) is 18.1. The molecule has 4 aromatic carbocycles. The minimum absolute atomic E-state index is 0.00229. The molecule has 4 saturated heterocycles. The lowest BCUT2D eigenvalue weighted by molar-refractivity contribution is -0.144. The number of piperazine rings is 2. The molecule has 4 N–H and O–H groups in total. The number of aryl methyl sites for hydroxylation is 1. The van der Waals surface area contributed by atoms with Gasteiger partial charge in [-0.05, 0) is 83.8 Å². The van der Waals surface area contributed by atoms with Crippen LogP contribution in [-0.4, -0.2) is 202 Å². The van der Waals surface area contributed by atoms with Gasteiger partial charge in [0.1, 0.15) is 35.3 Å². The van der Waals surface area contributed by atoms with Crippen molar-refractivity contribution in [3.05, 3.63) is 107 Å². The Balaban J connectivity index is 0.668. The summed E-state index contributed by atoms with van der Waals surface area (Å²) >= 11 is 8.52. The van der Waals surface area contributed by atoms with Crippen LogP contribution in [0.4, 0.5) is 10.2 Å². The van der Waals surface area contributed by atoms with Gasteiger partial charge in [0.25, 0.3) is 0 Å². The summed E-state index contributed by atoms with van der Waals surface area (Å²) in [5.74, 6) is -1.39. The number of hydrogen-bond donors (Lipinski definition) is 4. The Morgan fingerprint density at radius 1 is 0.882 bits per heavy atom. The molecule has 6 heterocycles. The number of nitrogens with zero attached hydrogens (tertiary/aromatic N) is 9. The van der Waals surface area contributed by atoms with Crippen LogP contribution >= 0.6 is 22.9 Å². The maximum Gasteiger partial charge on any atom is 0.319 e. The number of carbonyl (C=O) groups is 4. The van der Waals surface area contributed by atoms with Crippen LogP contribution in [0.2, 0.25) is 5.02 Å². The lowest BCUT2D eigenvalue weighted by Crippen LogP contribution is -2.59. The fraction of sp³-hybridized carbons (Fsp3) is 0.476. The number of anilines is 1. The zero-order valence-electron chi connectivity index (χ0n) is 49.1. The molecule has 4 amide bonds. The normalized spacial score (nSPS) is 19.3. The quantitative estimate of drug-likeness (QED) is 0.0473. The van der Waals surface area contributed by atoms with Crippen molar-refractivity contribution >= 4 is 74.1 Å². The first kappa shape index (κ1) is 61.2. The first-order chi connectivity index (χ1) is 40.8. The van der Waals surface area contributed by atoms with E-state index in [0.717, 1.165) is 71.7 Å². The number of piperidine rings is 1. The molecule has 2 aromatic heterocycles. The molecule has 85 heavy (non-hydrogen) atoms. The Morgan fingerprint density at radius 2 is 1.56 bits per heavy atom. The number of aromatic nitrogens is 3. The summed E-state index contributed by atoms with van der Waals surface area (Å²) in [6.07, 6.45) is 1.71. The van der Waals surface area contributed by atoms with E-state index in [0.29, 0.717) is 82.1 Å². The zero-order valence-corrected chi connectivity index (χ0v) is 50.6. The van der Waals surface area contributed by atoms with Gasteiger partial charge >= 0.3 is 6.01 Å². The average Bonchev–Trinajstić information content (AvgIpc) is 1.98. The number of phenolic OH excluding ortho intramolecular Hbond substituents is 1. The molecule has 10 rings (SSSR count). The average molecular weight is 1200 g/mol. The Bertz CT molecular complexity index is 3400. The van der Waals surface area contributed by atoms with Crippen LogP contribution in [-0.2, 0) is 23.9 Å². The van der Waals surface area contributed by atoms with Crippen LogP contribution < -0.4 is 20.3 Å². The van der Waals surface area contributed by atoms with Crippen LogP contribution in [0.1, 0.15) is 64.3 Å². The molecule has 4 aliphatic rings. The van der Waals surface area contributed by atoms with Crippen LogP contribution in [0.5, 0.6) is 11.8 Å². The lowest BCUT2D eigenvalue weighted by atomic mass is 9.85. The van der Waals surface area contributed by atoms with E-state index >= 15 is 4.39 Å². The third-order valence-electron chi connectivity index (χ3n) is 16.8. The smallest absolute Gasteiger partial charge is 0.319 e. The summed E-state index contributed by atoms with van der Waals surface area (Å²) in [4.78, 5) is 81.1.